The van der Waals surface area contributed by atoms with Gasteiger partial charge in [-0.25, -0.2) is 0 Å². The Bertz CT molecular complexity index is 104. The zero-order chi connectivity index (χ0) is 10.1. The molecule has 0 saturated heterocycles. The van der Waals surface area contributed by atoms with Gasteiger partial charge >= 0.3 is 0 Å². The van der Waals surface area contributed by atoms with Crippen LogP contribution in [0, 0.1) is 0 Å². The maximum absolute atomic E-state index is 9.49. The van der Waals surface area contributed by atoms with Crippen molar-refractivity contribution < 1.29 is 10.2 Å². The van der Waals surface area contributed by atoms with E-state index in [-0.39, 0.29) is 12.2 Å². The van der Waals surface area contributed by atoms with Crippen LogP contribution in [0.1, 0.15) is 58.8 Å². The number of unbranched alkanes of at least 4 members (excludes halogenated alkanes) is 3. The first-order valence-electron chi connectivity index (χ1n) is 5.56. The van der Waals surface area contributed by atoms with E-state index in [1.807, 2.05) is 6.92 Å². The molecule has 80 valence electrons. The minimum atomic E-state index is -0.318. The van der Waals surface area contributed by atoms with E-state index in [0.29, 0.717) is 6.42 Å². The molecule has 2 atom stereocenters. The van der Waals surface area contributed by atoms with Gasteiger partial charge in [0.05, 0.1) is 12.2 Å². The highest BCUT2D eigenvalue weighted by Crippen LogP contribution is 2.10. The van der Waals surface area contributed by atoms with Crippen molar-refractivity contribution in [1.29, 1.82) is 0 Å². The minimum absolute atomic E-state index is 0.299. The van der Waals surface area contributed by atoms with Gasteiger partial charge in [0.15, 0.2) is 0 Å². The lowest BCUT2D eigenvalue weighted by atomic mass is 10.0. The molecule has 0 rings (SSSR count). The summed E-state index contributed by atoms with van der Waals surface area (Å²) in [5.41, 5.74) is 0. The molecule has 0 aromatic heterocycles. The molecule has 0 radical (unpaired) electrons. The Morgan fingerprint density at radius 3 is 2.15 bits per heavy atom. The largest absolute Gasteiger partial charge is 0.393 e. The second-order valence-corrected chi connectivity index (χ2v) is 3.80. The lowest BCUT2D eigenvalue weighted by Crippen LogP contribution is -2.16. The van der Waals surface area contributed by atoms with Crippen molar-refractivity contribution in [1.82, 2.24) is 0 Å². The number of hydrogen-bond acceptors (Lipinski definition) is 2. The highest BCUT2D eigenvalue weighted by molar-refractivity contribution is 4.62. The van der Waals surface area contributed by atoms with Crippen molar-refractivity contribution in [2.24, 2.45) is 0 Å². The first-order valence-corrected chi connectivity index (χ1v) is 5.56. The van der Waals surface area contributed by atoms with Crippen LogP contribution in [0.2, 0.25) is 0 Å². The van der Waals surface area contributed by atoms with Gasteiger partial charge in [0.1, 0.15) is 0 Å². The van der Waals surface area contributed by atoms with Crippen molar-refractivity contribution in [3.05, 3.63) is 0 Å². The zero-order valence-electron chi connectivity index (χ0n) is 9.00. The molecular formula is C11H24O2. The third kappa shape index (κ3) is 8.26. The fourth-order valence-electron chi connectivity index (χ4n) is 1.41. The van der Waals surface area contributed by atoms with E-state index in [4.69, 9.17) is 0 Å². The molecule has 0 aliphatic heterocycles. The summed E-state index contributed by atoms with van der Waals surface area (Å²) in [5.74, 6) is 0. The van der Waals surface area contributed by atoms with Crippen molar-refractivity contribution >= 4 is 0 Å². The fraction of sp³-hybridized carbons (Fsp3) is 1.00. The average Bonchev–Trinajstić information content (AvgIpc) is 2.12. The molecule has 2 nitrogen and oxygen atoms in total. The average molecular weight is 188 g/mol. The molecule has 0 saturated carbocycles. The first-order chi connectivity index (χ1) is 6.20. The lowest BCUT2D eigenvalue weighted by Gasteiger charge is -2.13. The van der Waals surface area contributed by atoms with Gasteiger partial charge in [0.25, 0.3) is 0 Å². The van der Waals surface area contributed by atoms with Gasteiger partial charge < -0.3 is 10.2 Å². The monoisotopic (exact) mass is 188 g/mol. The summed E-state index contributed by atoms with van der Waals surface area (Å²) in [4.78, 5) is 0. The van der Waals surface area contributed by atoms with Crippen molar-refractivity contribution in [3.63, 3.8) is 0 Å². The Balaban J connectivity index is 3.24. The molecule has 13 heavy (non-hydrogen) atoms. The number of aliphatic hydroxyl groups is 2. The van der Waals surface area contributed by atoms with Crippen LogP contribution < -0.4 is 0 Å². The molecule has 0 aliphatic carbocycles. The molecule has 0 heterocycles. The van der Waals surface area contributed by atoms with Crippen LogP contribution in [0.3, 0.4) is 0 Å². The smallest absolute Gasteiger partial charge is 0.0564 e. The maximum atomic E-state index is 9.49. The summed E-state index contributed by atoms with van der Waals surface area (Å²) in [6.45, 7) is 4.12. The Hall–Kier alpha value is -0.0800. The van der Waals surface area contributed by atoms with Crippen LogP contribution >= 0.6 is 0 Å². The first kappa shape index (κ1) is 12.9. The molecule has 0 aromatic rings. The molecular weight excluding hydrogens is 164 g/mol. The maximum Gasteiger partial charge on any atom is 0.0564 e. The predicted molar refractivity (Wildman–Crippen MR) is 55.7 cm³/mol. The second-order valence-electron chi connectivity index (χ2n) is 3.80. The van der Waals surface area contributed by atoms with Crippen LogP contribution in [-0.2, 0) is 0 Å². The summed E-state index contributed by atoms with van der Waals surface area (Å²) >= 11 is 0. The lowest BCUT2D eigenvalue weighted by molar-refractivity contribution is 0.0722. The zero-order valence-corrected chi connectivity index (χ0v) is 9.00. The highest BCUT2D eigenvalue weighted by Gasteiger charge is 2.09. The van der Waals surface area contributed by atoms with Crippen LogP contribution in [0.15, 0.2) is 0 Å². The Kier molecular flexibility index (Phi) is 8.46. The predicted octanol–water partition coefficient (Wildman–Crippen LogP) is 2.48. The van der Waals surface area contributed by atoms with Gasteiger partial charge in [-0.3, -0.25) is 0 Å². The third-order valence-electron chi connectivity index (χ3n) is 2.41. The summed E-state index contributed by atoms with van der Waals surface area (Å²) in [5, 5.41) is 18.8. The van der Waals surface area contributed by atoms with Crippen LogP contribution in [-0.4, -0.2) is 22.4 Å². The third-order valence-corrected chi connectivity index (χ3v) is 2.41. The van der Waals surface area contributed by atoms with Gasteiger partial charge in [0.2, 0.25) is 0 Å². The van der Waals surface area contributed by atoms with Crippen molar-refractivity contribution in [2.45, 2.75) is 71.0 Å². The van der Waals surface area contributed by atoms with Crippen LogP contribution in [0.5, 0.6) is 0 Å². The van der Waals surface area contributed by atoms with Gasteiger partial charge in [-0.15, -0.1) is 0 Å². The Morgan fingerprint density at radius 2 is 1.62 bits per heavy atom. The van der Waals surface area contributed by atoms with Crippen molar-refractivity contribution in [2.75, 3.05) is 0 Å². The normalized spacial score (nSPS) is 15.7. The number of rotatable bonds is 8. The van der Waals surface area contributed by atoms with E-state index in [1.54, 1.807) is 0 Å². The van der Waals surface area contributed by atoms with Crippen LogP contribution in [0.25, 0.3) is 0 Å². The summed E-state index contributed by atoms with van der Waals surface area (Å²) < 4.78 is 0. The fourth-order valence-corrected chi connectivity index (χ4v) is 1.41. The second kappa shape index (κ2) is 8.52. The van der Waals surface area contributed by atoms with E-state index >= 15 is 0 Å². The van der Waals surface area contributed by atoms with Gasteiger partial charge in [-0.2, -0.15) is 0 Å². The van der Waals surface area contributed by atoms with E-state index in [9.17, 15) is 10.2 Å². The molecule has 0 aromatic carbocycles. The molecule has 0 spiro atoms. The summed E-state index contributed by atoms with van der Waals surface area (Å²) in [6.07, 6.45) is 6.29. The molecule has 2 N–H and O–H groups in total. The molecule has 2 heteroatoms. The SMILES string of the molecule is CCCCCCC(O)CC(O)CC. The Labute approximate surface area is 82.0 Å². The van der Waals surface area contributed by atoms with E-state index in [1.165, 1.54) is 19.3 Å². The standard InChI is InChI=1S/C11H24O2/c1-3-5-6-7-8-11(13)9-10(12)4-2/h10-13H,3-9H2,1-2H3. The molecule has 0 fully saturated rings. The van der Waals surface area contributed by atoms with Gasteiger partial charge in [-0.05, 0) is 19.3 Å². The quantitative estimate of drug-likeness (QED) is 0.574. The van der Waals surface area contributed by atoms with Crippen LogP contribution in [0.4, 0.5) is 0 Å². The Morgan fingerprint density at radius 1 is 0.923 bits per heavy atom. The number of hydrogen-bond donors (Lipinski definition) is 2. The van der Waals surface area contributed by atoms with Crippen molar-refractivity contribution in [3.8, 4) is 0 Å². The molecule has 0 aliphatic rings. The minimum Gasteiger partial charge on any atom is -0.393 e. The molecule has 0 bridgehead atoms. The molecule has 0 amide bonds. The van der Waals surface area contributed by atoms with E-state index in [0.717, 1.165) is 19.3 Å². The van der Waals surface area contributed by atoms with Gasteiger partial charge in [-0.1, -0.05) is 39.5 Å². The summed E-state index contributed by atoms with van der Waals surface area (Å²) in [6, 6.07) is 0. The molecule has 2 unspecified atom stereocenters. The summed E-state index contributed by atoms with van der Waals surface area (Å²) in [7, 11) is 0. The van der Waals surface area contributed by atoms with E-state index in [2.05, 4.69) is 6.92 Å². The van der Waals surface area contributed by atoms with Gasteiger partial charge in [0, 0.05) is 0 Å². The topological polar surface area (TPSA) is 40.5 Å². The van der Waals surface area contributed by atoms with E-state index < -0.39 is 0 Å². The highest BCUT2D eigenvalue weighted by atomic mass is 16.3. The number of aliphatic hydroxyl groups excluding tert-OH is 2.